The second-order valence-electron chi connectivity index (χ2n) is 3.74. The highest BCUT2D eigenvalue weighted by Gasteiger charge is 2.03. The van der Waals surface area contributed by atoms with Gasteiger partial charge in [0.1, 0.15) is 6.29 Å². The maximum absolute atomic E-state index is 10.6. The summed E-state index contributed by atoms with van der Waals surface area (Å²) >= 11 is 5.84. The van der Waals surface area contributed by atoms with Crippen LogP contribution in [0, 0.1) is 0 Å². The fourth-order valence-electron chi connectivity index (χ4n) is 1.59. The van der Waals surface area contributed by atoms with E-state index in [0.717, 1.165) is 22.7 Å². The van der Waals surface area contributed by atoms with Crippen molar-refractivity contribution in [3.8, 4) is 0 Å². The van der Waals surface area contributed by atoms with Crippen molar-refractivity contribution >= 4 is 29.3 Å². The largest absolute Gasteiger partial charge is 0.345 e. The van der Waals surface area contributed by atoms with E-state index in [4.69, 9.17) is 11.6 Å². The summed E-state index contributed by atoms with van der Waals surface area (Å²) < 4.78 is 0. The van der Waals surface area contributed by atoms with E-state index in [2.05, 4.69) is 0 Å². The van der Waals surface area contributed by atoms with Gasteiger partial charge in [-0.3, -0.25) is 4.79 Å². The van der Waals surface area contributed by atoms with Crippen LogP contribution in [0.5, 0.6) is 0 Å². The molecule has 3 heteroatoms. The number of hydrogen-bond donors (Lipinski definition) is 0. The highest BCUT2D eigenvalue weighted by molar-refractivity contribution is 6.30. The van der Waals surface area contributed by atoms with Crippen LogP contribution in [0.2, 0.25) is 5.02 Å². The Morgan fingerprint density at radius 3 is 1.88 bits per heavy atom. The first-order valence-electron chi connectivity index (χ1n) is 5.25. The molecule has 0 atom stereocenters. The summed E-state index contributed by atoms with van der Waals surface area (Å²) in [4.78, 5) is 12.6. The van der Waals surface area contributed by atoms with E-state index in [9.17, 15) is 4.79 Å². The van der Waals surface area contributed by atoms with Crippen LogP contribution in [0.25, 0.3) is 0 Å². The van der Waals surface area contributed by atoms with E-state index in [0.29, 0.717) is 5.56 Å². The Morgan fingerprint density at radius 1 is 0.941 bits per heavy atom. The minimum Gasteiger partial charge on any atom is -0.345 e. The number of rotatable bonds is 3. The van der Waals surface area contributed by atoms with Crippen molar-refractivity contribution in [2.75, 3.05) is 11.9 Å². The Labute approximate surface area is 105 Å². The summed E-state index contributed by atoms with van der Waals surface area (Å²) in [6.45, 7) is 0. The van der Waals surface area contributed by atoms with Crippen LogP contribution >= 0.6 is 11.6 Å². The second-order valence-corrected chi connectivity index (χ2v) is 4.18. The van der Waals surface area contributed by atoms with Crippen LogP contribution in [0.4, 0.5) is 11.4 Å². The molecule has 0 amide bonds. The van der Waals surface area contributed by atoms with Crippen molar-refractivity contribution in [3.05, 3.63) is 59.1 Å². The minimum absolute atomic E-state index is 0.679. The molecular weight excluding hydrogens is 234 g/mol. The summed E-state index contributed by atoms with van der Waals surface area (Å²) in [5.74, 6) is 0. The zero-order valence-electron chi connectivity index (χ0n) is 9.43. The molecule has 17 heavy (non-hydrogen) atoms. The molecule has 0 aliphatic heterocycles. The summed E-state index contributed by atoms with van der Waals surface area (Å²) in [7, 11) is 1.97. The van der Waals surface area contributed by atoms with Crippen molar-refractivity contribution in [1.82, 2.24) is 0 Å². The minimum atomic E-state index is 0.679. The summed E-state index contributed by atoms with van der Waals surface area (Å²) in [6, 6.07) is 15.0. The van der Waals surface area contributed by atoms with Crippen molar-refractivity contribution in [2.24, 2.45) is 0 Å². The maximum atomic E-state index is 10.6. The molecule has 0 bridgehead atoms. The van der Waals surface area contributed by atoms with Gasteiger partial charge in [0.15, 0.2) is 0 Å². The molecule has 0 aliphatic carbocycles. The Kier molecular flexibility index (Phi) is 3.45. The molecule has 86 valence electrons. The second kappa shape index (κ2) is 5.02. The fourth-order valence-corrected chi connectivity index (χ4v) is 1.72. The zero-order valence-corrected chi connectivity index (χ0v) is 10.2. The zero-order chi connectivity index (χ0) is 12.3. The van der Waals surface area contributed by atoms with Crippen LogP contribution in [0.3, 0.4) is 0 Å². The summed E-state index contributed by atoms with van der Waals surface area (Å²) in [5, 5.41) is 0.721. The average molecular weight is 246 g/mol. The third kappa shape index (κ3) is 2.66. The molecule has 0 heterocycles. The smallest absolute Gasteiger partial charge is 0.150 e. The number of carbonyl (C=O) groups excluding carboxylic acids is 1. The SMILES string of the molecule is CN(c1ccc(Cl)cc1)c1ccc(C=O)cc1. The molecule has 0 N–H and O–H groups in total. The number of halogens is 1. The van der Waals surface area contributed by atoms with Gasteiger partial charge in [0, 0.05) is 29.0 Å². The molecule has 0 fully saturated rings. The molecule has 2 rings (SSSR count). The fraction of sp³-hybridized carbons (Fsp3) is 0.0714. The third-order valence-corrected chi connectivity index (χ3v) is 2.88. The molecular formula is C14H12ClNO. The Morgan fingerprint density at radius 2 is 1.41 bits per heavy atom. The van der Waals surface area contributed by atoms with E-state index in [1.54, 1.807) is 12.1 Å². The van der Waals surface area contributed by atoms with Gasteiger partial charge in [0.25, 0.3) is 0 Å². The lowest BCUT2D eigenvalue weighted by Gasteiger charge is -2.19. The number of anilines is 2. The van der Waals surface area contributed by atoms with Gasteiger partial charge < -0.3 is 4.90 Å². The molecule has 0 aromatic heterocycles. The number of carbonyl (C=O) groups is 1. The van der Waals surface area contributed by atoms with Crippen LogP contribution in [-0.4, -0.2) is 13.3 Å². The Bertz CT molecular complexity index is 505. The van der Waals surface area contributed by atoms with E-state index >= 15 is 0 Å². The molecule has 0 saturated carbocycles. The van der Waals surface area contributed by atoms with Gasteiger partial charge >= 0.3 is 0 Å². The van der Waals surface area contributed by atoms with Crippen LogP contribution in [0.1, 0.15) is 10.4 Å². The predicted molar refractivity (Wildman–Crippen MR) is 71.3 cm³/mol. The monoisotopic (exact) mass is 245 g/mol. The molecule has 2 aromatic carbocycles. The van der Waals surface area contributed by atoms with Gasteiger partial charge in [-0.25, -0.2) is 0 Å². The first-order valence-corrected chi connectivity index (χ1v) is 5.63. The lowest BCUT2D eigenvalue weighted by atomic mass is 10.2. The van der Waals surface area contributed by atoms with Gasteiger partial charge in [-0.05, 0) is 48.5 Å². The Balaban J connectivity index is 2.26. The van der Waals surface area contributed by atoms with Crippen LogP contribution in [0.15, 0.2) is 48.5 Å². The highest BCUT2D eigenvalue weighted by Crippen LogP contribution is 2.24. The average Bonchev–Trinajstić information content (AvgIpc) is 2.39. The van der Waals surface area contributed by atoms with Gasteiger partial charge in [-0.15, -0.1) is 0 Å². The first kappa shape index (κ1) is 11.7. The molecule has 0 saturated heterocycles. The molecule has 0 unspecified atom stereocenters. The van der Waals surface area contributed by atoms with Crippen molar-refractivity contribution < 1.29 is 4.79 Å². The highest BCUT2D eigenvalue weighted by atomic mass is 35.5. The molecule has 2 aromatic rings. The van der Waals surface area contributed by atoms with Gasteiger partial charge in [0.05, 0.1) is 0 Å². The lowest BCUT2D eigenvalue weighted by Crippen LogP contribution is -2.08. The molecule has 0 aliphatic rings. The maximum Gasteiger partial charge on any atom is 0.150 e. The predicted octanol–water partition coefficient (Wildman–Crippen LogP) is 3.92. The number of hydrogen-bond acceptors (Lipinski definition) is 2. The normalized spacial score (nSPS) is 10.0. The Hall–Kier alpha value is -1.80. The molecule has 2 nitrogen and oxygen atoms in total. The van der Waals surface area contributed by atoms with Gasteiger partial charge in [-0.1, -0.05) is 11.6 Å². The quantitative estimate of drug-likeness (QED) is 0.764. The summed E-state index contributed by atoms with van der Waals surface area (Å²) in [5.41, 5.74) is 2.75. The van der Waals surface area contributed by atoms with Crippen LogP contribution in [-0.2, 0) is 0 Å². The van der Waals surface area contributed by atoms with E-state index in [1.165, 1.54) is 0 Å². The van der Waals surface area contributed by atoms with E-state index in [1.807, 2.05) is 48.3 Å². The topological polar surface area (TPSA) is 20.3 Å². The van der Waals surface area contributed by atoms with Crippen molar-refractivity contribution in [1.29, 1.82) is 0 Å². The third-order valence-electron chi connectivity index (χ3n) is 2.63. The summed E-state index contributed by atoms with van der Waals surface area (Å²) in [6.07, 6.45) is 0.839. The number of benzene rings is 2. The van der Waals surface area contributed by atoms with E-state index < -0.39 is 0 Å². The van der Waals surface area contributed by atoms with Gasteiger partial charge in [0.2, 0.25) is 0 Å². The van der Waals surface area contributed by atoms with E-state index in [-0.39, 0.29) is 0 Å². The standard InChI is InChI=1S/C14H12ClNO/c1-16(14-8-4-12(15)5-9-14)13-6-2-11(10-17)3-7-13/h2-10H,1H3. The first-order chi connectivity index (χ1) is 8.20. The van der Waals surface area contributed by atoms with Crippen molar-refractivity contribution in [3.63, 3.8) is 0 Å². The van der Waals surface area contributed by atoms with Crippen LogP contribution < -0.4 is 4.90 Å². The number of nitrogens with zero attached hydrogens (tertiary/aromatic N) is 1. The van der Waals surface area contributed by atoms with Crippen molar-refractivity contribution in [2.45, 2.75) is 0 Å². The molecule has 0 radical (unpaired) electrons. The lowest BCUT2D eigenvalue weighted by molar-refractivity contribution is 0.112. The number of aldehydes is 1. The van der Waals surface area contributed by atoms with Gasteiger partial charge in [-0.2, -0.15) is 0 Å². The molecule has 0 spiro atoms.